The lowest BCUT2D eigenvalue weighted by Gasteiger charge is -2.41. The second-order valence-electron chi connectivity index (χ2n) is 15.3. The normalized spacial score (nSPS) is 20.1. The molecule has 1 aliphatic rings. The fourth-order valence-corrected chi connectivity index (χ4v) is 7.58. The first-order valence-electron chi connectivity index (χ1n) is 19.0. The monoisotopic (exact) mass is 716 g/mol. The summed E-state index contributed by atoms with van der Waals surface area (Å²) in [6, 6.07) is 8.16. The molecular formula is C40H69N5O6. The van der Waals surface area contributed by atoms with Crippen LogP contribution < -0.4 is 16.0 Å². The van der Waals surface area contributed by atoms with Gasteiger partial charge in [0.15, 0.2) is 0 Å². The number of likely N-dealkylation sites (tertiary alicyclic amines) is 1. The Morgan fingerprint density at radius 2 is 1.49 bits per heavy atom. The molecule has 11 heteroatoms. The van der Waals surface area contributed by atoms with Crippen LogP contribution in [0.25, 0.3) is 0 Å². The highest BCUT2D eigenvalue weighted by Gasteiger charge is 2.43. The molecule has 0 spiro atoms. The molecule has 11 nitrogen and oxygen atoms in total. The first kappa shape index (κ1) is 44.1. The molecular weight excluding hydrogens is 646 g/mol. The number of nitrogens with zero attached hydrogens (tertiary/aromatic N) is 2. The molecule has 2 rings (SSSR count). The molecule has 51 heavy (non-hydrogen) atoms. The van der Waals surface area contributed by atoms with Gasteiger partial charge in [-0.15, -0.1) is 0 Å². The Morgan fingerprint density at radius 3 is 2.00 bits per heavy atom. The quantitative estimate of drug-likeness (QED) is 0.180. The predicted octanol–water partition coefficient (Wildman–Crippen LogP) is 4.60. The van der Waals surface area contributed by atoms with Crippen molar-refractivity contribution in [2.24, 2.45) is 23.7 Å². The third-order valence-corrected chi connectivity index (χ3v) is 11.2. The zero-order valence-electron chi connectivity index (χ0n) is 33.7. The summed E-state index contributed by atoms with van der Waals surface area (Å²) >= 11 is 0. The first-order chi connectivity index (χ1) is 24.0. The van der Waals surface area contributed by atoms with Crippen molar-refractivity contribution in [3.63, 3.8) is 0 Å². The highest BCUT2D eigenvalue weighted by atomic mass is 16.5. The third kappa shape index (κ3) is 11.5. The fraction of sp³-hybridized carbons (Fsp3) is 0.750. The number of likely N-dealkylation sites (N-methyl/N-ethyl adjacent to an activating group) is 2. The van der Waals surface area contributed by atoms with Gasteiger partial charge in [-0.1, -0.05) is 92.1 Å². The number of carbonyl (C=O) groups excluding carboxylic acids is 4. The minimum atomic E-state index is -0.742. The molecule has 1 fully saturated rings. The van der Waals surface area contributed by atoms with E-state index < -0.39 is 36.3 Å². The minimum absolute atomic E-state index is 0.00557. The van der Waals surface area contributed by atoms with Crippen molar-refractivity contribution in [3.8, 4) is 0 Å². The summed E-state index contributed by atoms with van der Waals surface area (Å²) in [5.41, 5.74) is 1.16. The van der Waals surface area contributed by atoms with Crippen LogP contribution in [0.2, 0.25) is 0 Å². The van der Waals surface area contributed by atoms with Crippen LogP contribution in [0.4, 0.5) is 0 Å². The summed E-state index contributed by atoms with van der Waals surface area (Å²) in [4.78, 5) is 58.5. The van der Waals surface area contributed by atoms with Crippen LogP contribution in [0.15, 0.2) is 30.3 Å². The van der Waals surface area contributed by atoms with Gasteiger partial charge < -0.3 is 35.2 Å². The standard InChI is InChI=1S/C40H69N5O6/c1-14-26(6)36(44(11)40(49)35(25(4)5)43-39(48)34(41-10)24(2)3)32(50-12)23-33(46)45-22-18-21-31(45)37(51-13)28(8)38(47)42-29(9)27(7)30-19-16-15-17-20-30/h15-17,19-20,24-29,31-32,34-37,41H,14,18,21-23H2,1-13H3,(H,42,47)(H,43,48)/t26?,27-,28-,29-,31+,32-,34?,35+,36?,37-/m1/s1. The lowest BCUT2D eigenvalue weighted by atomic mass is 9.89. The third-order valence-electron chi connectivity index (χ3n) is 11.2. The average molecular weight is 716 g/mol. The van der Waals surface area contributed by atoms with Gasteiger partial charge >= 0.3 is 0 Å². The van der Waals surface area contributed by atoms with Gasteiger partial charge in [0.1, 0.15) is 6.04 Å². The molecule has 1 heterocycles. The van der Waals surface area contributed by atoms with Crippen molar-refractivity contribution >= 4 is 23.6 Å². The van der Waals surface area contributed by atoms with Gasteiger partial charge in [-0.05, 0) is 50.1 Å². The Bertz CT molecular complexity index is 1240. The van der Waals surface area contributed by atoms with E-state index in [1.807, 2.05) is 64.6 Å². The van der Waals surface area contributed by atoms with E-state index in [9.17, 15) is 19.2 Å². The van der Waals surface area contributed by atoms with E-state index in [4.69, 9.17) is 9.47 Å². The van der Waals surface area contributed by atoms with Crippen LogP contribution in [-0.4, -0.2) is 111 Å². The van der Waals surface area contributed by atoms with E-state index in [0.29, 0.717) is 6.54 Å². The smallest absolute Gasteiger partial charge is 0.245 e. The molecule has 1 saturated heterocycles. The molecule has 0 radical (unpaired) electrons. The number of nitrogens with one attached hydrogen (secondary N) is 3. The lowest BCUT2D eigenvalue weighted by Crippen LogP contribution is -2.59. The summed E-state index contributed by atoms with van der Waals surface area (Å²) in [6.07, 6.45) is 1.27. The average Bonchev–Trinajstić information content (AvgIpc) is 3.59. The number of hydrogen-bond acceptors (Lipinski definition) is 7. The number of methoxy groups -OCH3 is 2. The lowest BCUT2D eigenvalue weighted by molar-refractivity contribution is -0.147. The Kier molecular flexibility index (Phi) is 18.1. The summed E-state index contributed by atoms with van der Waals surface area (Å²) in [5.74, 6) is -1.11. The molecule has 10 atom stereocenters. The Hall–Kier alpha value is -3.02. The van der Waals surface area contributed by atoms with Gasteiger partial charge in [0.25, 0.3) is 0 Å². The van der Waals surface area contributed by atoms with E-state index >= 15 is 0 Å². The summed E-state index contributed by atoms with van der Waals surface area (Å²) in [5, 5.41) is 9.25. The van der Waals surface area contributed by atoms with E-state index in [0.717, 1.165) is 24.8 Å². The van der Waals surface area contributed by atoms with Gasteiger partial charge in [-0.25, -0.2) is 0 Å². The number of ether oxygens (including phenoxy) is 2. The molecule has 1 aromatic carbocycles. The number of amides is 4. The van der Waals surface area contributed by atoms with Crippen molar-refractivity contribution < 1.29 is 28.7 Å². The minimum Gasteiger partial charge on any atom is -0.379 e. The summed E-state index contributed by atoms with van der Waals surface area (Å²) < 4.78 is 12.0. The SMILES string of the molecule is CCC(C)C([C@@H](CC(=O)N1CCC[C@H]1[C@H](OC)[C@@H](C)C(=O)N[C@H](C)[C@@H](C)c1ccccc1)OC)N(C)C(=O)[C@@H](NC(=O)C(NC)C(C)C)C(C)C. The Morgan fingerprint density at radius 1 is 0.882 bits per heavy atom. The van der Waals surface area contributed by atoms with Crippen LogP contribution in [0.5, 0.6) is 0 Å². The highest BCUT2D eigenvalue weighted by molar-refractivity contribution is 5.90. The zero-order chi connectivity index (χ0) is 38.6. The highest BCUT2D eigenvalue weighted by Crippen LogP contribution is 2.30. The maximum absolute atomic E-state index is 14.2. The predicted molar refractivity (Wildman–Crippen MR) is 203 cm³/mol. The van der Waals surface area contributed by atoms with Crippen LogP contribution in [-0.2, 0) is 28.7 Å². The second kappa shape index (κ2) is 20.9. The first-order valence-corrected chi connectivity index (χ1v) is 19.0. The molecule has 4 amide bonds. The van der Waals surface area contributed by atoms with Gasteiger partial charge in [0.05, 0.1) is 42.7 Å². The molecule has 1 aliphatic heterocycles. The molecule has 1 aromatic rings. The molecule has 3 N–H and O–H groups in total. The number of benzene rings is 1. The van der Waals surface area contributed by atoms with Gasteiger partial charge in [-0.2, -0.15) is 0 Å². The zero-order valence-corrected chi connectivity index (χ0v) is 33.7. The molecule has 3 unspecified atom stereocenters. The molecule has 290 valence electrons. The maximum atomic E-state index is 14.2. The Balaban J connectivity index is 2.24. The number of rotatable bonds is 20. The summed E-state index contributed by atoms with van der Waals surface area (Å²) in [7, 11) is 6.67. The molecule has 0 aromatic heterocycles. The summed E-state index contributed by atoms with van der Waals surface area (Å²) in [6.45, 7) is 18.4. The van der Waals surface area contributed by atoms with Crippen molar-refractivity contribution in [2.75, 3.05) is 34.9 Å². The molecule has 0 saturated carbocycles. The van der Waals surface area contributed by atoms with E-state index in [1.165, 1.54) is 0 Å². The van der Waals surface area contributed by atoms with Crippen molar-refractivity contribution in [1.29, 1.82) is 0 Å². The topological polar surface area (TPSA) is 129 Å². The maximum Gasteiger partial charge on any atom is 0.245 e. The van der Waals surface area contributed by atoms with E-state index in [2.05, 4.69) is 48.9 Å². The largest absolute Gasteiger partial charge is 0.379 e. The molecule has 0 bridgehead atoms. The van der Waals surface area contributed by atoms with Crippen LogP contribution >= 0.6 is 0 Å². The van der Waals surface area contributed by atoms with Crippen molar-refractivity contribution in [2.45, 2.75) is 136 Å². The van der Waals surface area contributed by atoms with E-state index in [1.54, 1.807) is 33.2 Å². The van der Waals surface area contributed by atoms with Gasteiger partial charge in [0, 0.05) is 39.8 Å². The number of hydrogen-bond donors (Lipinski definition) is 3. The van der Waals surface area contributed by atoms with Crippen LogP contribution in [0.3, 0.4) is 0 Å². The van der Waals surface area contributed by atoms with Gasteiger partial charge in [-0.3, -0.25) is 19.2 Å². The fourth-order valence-electron chi connectivity index (χ4n) is 7.58. The van der Waals surface area contributed by atoms with Gasteiger partial charge in [0.2, 0.25) is 23.6 Å². The molecule has 0 aliphatic carbocycles. The Labute approximate surface area is 308 Å². The van der Waals surface area contributed by atoms with Crippen molar-refractivity contribution in [3.05, 3.63) is 35.9 Å². The second-order valence-corrected chi connectivity index (χ2v) is 15.3. The van der Waals surface area contributed by atoms with Crippen LogP contribution in [0.1, 0.15) is 99.5 Å². The van der Waals surface area contributed by atoms with Crippen LogP contribution in [0, 0.1) is 23.7 Å². The van der Waals surface area contributed by atoms with Crippen molar-refractivity contribution in [1.82, 2.24) is 25.8 Å². The van der Waals surface area contributed by atoms with E-state index in [-0.39, 0.29) is 65.8 Å². The number of carbonyl (C=O) groups is 4.